The molecule has 9 heteroatoms. The molecule has 152 valence electrons. The lowest BCUT2D eigenvalue weighted by Crippen LogP contribution is -2.35. The lowest BCUT2D eigenvalue weighted by molar-refractivity contribution is -0.133. The summed E-state index contributed by atoms with van der Waals surface area (Å²) in [5, 5.41) is -0.0341. The third kappa shape index (κ3) is 4.10. The van der Waals surface area contributed by atoms with E-state index >= 15 is 0 Å². The van der Waals surface area contributed by atoms with Crippen LogP contribution in [0.5, 0.6) is 0 Å². The molecule has 0 aliphatic heterocycles. The Morgan fingerprint density at radius 3 is 2.43 bits per heavy atom. The van der Waals surface area contributed by atoms with E-state index in [1.807, 2.05) is 0 Å². The number of aryl methyl sites for hydroxylation is 2. The summed E-state index contributed by atoms with van der Waals surface area (Å²) in [6.07, 6.45) is 2.30. The fourth-order valence-electron chi connectivity index (χ4n) is 3.75. The van der Waals surface area contributed by atoms with Crippen molar-refractivity contribution in [2.75, 3.05) is 14.1 Å². The highest BCUT2D eigenvalue weighted by atomic mass is 32.2. The number of carbonyl (C=O) groups excluding carboxylic acids is 1. The van der Waals surface area contributed by atoms with E-state index in [9.17, 15) is 17.6 Å². The second-order valence-electron chi connectivity index (χ2n) is 7.52. The zero-order chi connectivity index (χ0) is 20.6. The molecule has 1 saturated carbocycles. The number of hydrogen-bond donors (Lipinski definition) is 1. The van der Waals surface area contributed by atoms with E-state index in [0.717, 1.165) is 5.56 Å². The van der Waals surface area contributed by atoms with E-state index < -0.39 is 16.1 Å². The minimum atomic E-state index is -3.79. The lowest BCUT2D eigenvalue weighted by atomic mass is 9.88. The van der Waals surface area contributed by atoms with Gasteiger partial charge in [-0.3, -0.25) is 4.79 Å². The topological polar surface area (TPSA) is 84.3 Å². The summed E-state index contributed by atoms with van der Waals surface area (Å²) in [5.74, 6) is -0.381. The molecule has 1 aromatic heterocycles. The van der Waals surface area contributed by atoms with Crippen LogP contribution in [0.25, 0.3) is 0 Å². The Kier molecular flexibility index (Phi) is 5.58. The molecule has 7 nitrogen and oxygen atoms in total. The Bertz CT molecular complexity index is 950. The Morgan fingerprint density at radius 2 is 1.89 bits per heavy atom. The number of halogens is 1. The highest BCUT2D eigenvalue weighted by molar-refractivity contribution is 7.89. The van der Waals surface area contributed by atoms with Gasteiger partial charge in [-0.25, -0.2) is 22.5 Å². The first-order chi connectivity index (χ1) is 13.1. The third-order valence-electron chi connectivity index (χ3n) is 5.30. The molecule has 1 amide bonds. The van der Waals surface area contributed by atoms with Crippen LogP contribution in [0.3, 0.4) is 0 Å². The third-order valence-corrected chi connectivity index (χ3v) is 6.69. The minimum absolute atomic E-state index is 0.0341. The average molecular weight is 408 g/mol. The molecular formula is C19H25FN4O3S. The molecule has 0 saturated heterocycles. The molecule has 1 N–H and O–H groups in total. The zero-order valence-corrected chi connectivity index (χ0v) is 17.2. The van der Waals surface area contributed by atoms with Crippen molar-refractivity contribution in [1.82, 2.24) is 19.2 Å². The van der Waals surface area contributed by atoms with Gasteiger partial charge in [0.1, 0.15) is 11.6 Å². The van der Waals surface area contributed by atoms with Gasteiger partial charge in [0.25, 0.3) is 10.0 Å². The summed E-state index contributed by atoms with van der Waals surface area (Å²) in [6, 6.07) is 5.64. The maximum atomic E-state index is 13.3. The molecule has 1 fully saturated rings. The molecule has 0 radical (unpaired) electrons. The van der Waals surface area contributed by atoms with Crippen molar-refractivity contribution in [2.24, 2.45) is 13.0 Å². The normalized spacial score (nSPS) is 22.4. The molecule has 28 heavy (non-hydrogen) atoms. The maximum Gasteiger partial charge on any atom is 0.259 e. The molecule has 0 bridgehead atoms. The minimum Gasteiger partial charge on any atom is -0.349 e. The van der Waals surface area contributed by atoms with Crippen LogP contribution < -0.4 is 4.72 Å². The number of rotatable bonds is 5. The van der Waals surface area contributed by atoms with E-state index in [4.69, 9.17) is 0 Å². The van der Waals surface area contributed by atoms with Gasteiger partial charge in [-0.15, -0.1) is 0 Å². The number of hydrogen-bond acceptors (Lipinski definition) is 4. The number of sulfonamides is 1. The van der Waals surface area contributed by atoms with Crippen LogP contribution in [0.2, 0.25) is 0 Å². The predicted molar refractivity (Wildman–Crippen MR) is 103 cm³/mol. The van der Waals surface area contributed by atoms with Gasteiger partial charge in [0, 0.05) is 39.3 Å². The van der Waals surface area contributed by atoms with Crippen LogP contribution in [-0.2, 0) is 21.9 Å². The van der Waals surface area contributed by atoms with Crippen LogP contribution in [0.15, 0.2) is 35.5 Å². The first-order valence-corrected chi connectivity index (χ1v) is 10.6. The molecule has 1 aromatic carbocycles. The second kappa shape index (κ2) is 7.63. The largest absolute Gasteiger partial charge is 0.349 e. The molecule has 0 unspecified atom stereocenters. The van der Waals surface area contributed by atoms with Crippen molar-refractivity contribution in [2.45, 2.75) is 36.8 Å². The van der Waals surface area contributed by atoms with Crippen LogP contribution in [0.1, 0.15) is 30.1 Å². The number of imidazole rings is 1. The van der Waals surface area contributed by atoms with Gasteiger partial charge in [-0.05, 0) is 43.4 Å². The predicted octanol–water partition coefficient (Wildman–Crippen LogP) is 1.80. The van der Waals surface area contributed by atoms with Crippen molar-refractivity contribution >= 4 is 15.9 Å². The average Bonchev–Trinajstić information content (AvgIpc) is 3.18. The monoisotopic (exact) mass is 408 g/mol. The Balaban J connectivity index is 1.85. The van der Waals surface area contributed by atoms with Crippen molar-refractivity contribution in [3.63, 3.8) is 0 Å². The van der Waals surface area contributed by atoms with Crippen LogP contribution in [0, 0.1) is 18.7 Å². The van der Waals surface area contributed by atoms with Crippen molar-refractivity contribution in [3.8, 4) is 0 Å². The standard InChI is InChI=1S/C19H25FN4O3S/c1-12-21-18(11-24(12)4)28(26,27)22-15-9-16(13-5-7-14(20)8-6-13)17(10-15)19(25)23(2)3/h5-8,11,15-17,22H,9-10H2,1-4H3/t15-,16+,17-/m0/s1. The van der Waals surface area contributed by atoms with Gasteiger partial charge in [0.05, 0.1) is 0 Å². The van der Waals surface area contributed by atoms with E-state index in [0.29, 0.717) is 18.7 Å². The zero-order valence-electron chi connectivity index (χ0n) is 16.4. The van der Waals surface area contributed by atoms with E-state index in [1.54, 1.807) is 44.8 Å². The van der Waals surface area contributed by atoms with Crippen molar-refractivity contribution in [1.29, 1.82) is 0 Å². The Hall–Kier alpha value is -2.26. The highest BCUT2D eigenvalue weighted by Gasteiger charge is 2.41. The maximum absolute atomic E-state index is 13.3. The first kappa shape index (κ1) is 20.5. The number of nitrogens with zero attached hydrogens (tertiary/aromatic N) is 3. The molecule has 0 spiro atoms. The van der Waals surface area contributed by atoms with Gasteiger partial charge < -0.3 is 9.47 Å². The molecule has 1 aliphatic carbocycles. The summed E-state index contributed by atoms with van der Waals surface area (Å²) in [7, 11) is 1.29. The molecule has 3 rings (SSSR count). The number of carbonyl (C=O) groups is 1. The van der Waals surface area contributed by atoms with Gasteiger partial charge in [0.2, 0.25) is 5.91 Å². The number of nitrogens with one attached hydrogen (secondary N) is 1. The number of amides is 1. The van der Waals surface area contributed by atoms with Gasteiger partial charge in [0.15, 0.2) is 5.03 Å². The highest BCUT2D eigenvalue weighted by Crippen LogP contribution is 2.41. The summed E-state index contributed by atoms with van der Waals surface area (Å²) < 4.78 is 43.1. The fraction of sp³-hybridized carbons (Fsp3) is 0.474. The van der Waals surface area contributed by atoms with E-state index in [1.165, 1.54) is 23.2 Å². The van der Waals surface area contributed by atoms with Gasteiger partial charge in [-0.2, -0.15) is 0 Å². The van der Waals surface area contributed by atoms with E-state index in [-0.39, 0.29) is 28.6 Å². The lowest BCUT2D eigenvalue weighted by Gasteiger charge is -2.22. The first-order valence-electron chi connectivity index (χ1n) is 9.07. The van der Waals surface area contributed by atoms with Crippen LogP contribution in [0.4, 0.5) is 4.39 Å². The van der Waals surface area contributed by atoms with Crippen molar-refractivity contribution < 1.29 is 17.6 Å². The molecule has 2 aromatic rings. The summed E-state index contributed by atoms with van der Waals surface area (Å²) in [4.78, 5) is 18.3. The molecule has 1 aliphatic rings. The SMILES string of the molecule is Cc1nc(S(=O)(=O)N[C@@H]2C[C@H](C(=O)N(C)C)[C@@H](c3ccc(F)cc3)C2)cn1C. The summed E-state index contributed by atoms with van der Waals surface area (Å²) in [6.45, 7) is 1.73. The number of aromatic nitrogens is 2. The quantitative estimate of drug-likeness (QED) is 0.818. The molecule has 1 heterocycles. The summed E-state index contributed by atoms with van der Waals surface area (Å²) >= 11 is 0. The van der Waals surface area contributed by atoms with E-state index in [2.05, 4.69) is 9.71 Å². The fourth-order valence-corrected chi connectivity index (χ4v) is 5.05. The van der Waals surface area contributed by atoms with Crippen LogP contribution >= 0.6 is 0 Å². The molecular weight excluding hydrogens is 383 g/mol. The Labute approximate surface area is 164 Å². The summed E-state index contributed by atoms with van der Waals surface area (Å²) in [5.41, 5.74) is 0.831. The van der Waals surface area contributed by atoms with Gasteiger partial charge in [-0.1, -0.05) is 12.1 Å². The van der Waals surface area contributed by atoms with Crippen LogP contribution in [-0.4, -0.2) is 48.9 Å². The second-order valence-corrected chi connectivity index (χ2v) is 9.18. The smallest absolute Gasteiger partial charge is 0.259 e. The Morgan fingerprint density at radius 1 is 1.25 bits per heavy atom. The number of benzene rings is 1. The molecule has 3 atom stereocenters. The van der Waals surface area contributed by atoms with Gasteiger partial charge >= 0.3 is 0 Å². The van der Waals surface area contributed by atoms with Crippen molar-refractivity contribution in [3.05, 3.63) is 47.7 Å².